The van der Waals surface area contributed by atoms with Crippen LogP contribution < -0.4 is 5.32 Å². The molecule has 1 atom stereocenters. The summed E-state index contributed by atoms with van der Waals surface area (Å²) in [6.45, 7) is 0.0288. The largest absolute Gasteiger partial charge is 0.387 e. The van der Waals surface area contributed by atoms with Crippen molar-refractivity contribution in [3.8, 4) is 5.69 Å². The Hall–Kier alpha value is -2.99. The number of amides is 1. The summed E-state index contributed by atoms with van der Waals surface area (Å²) < 4.78 is 14.5. The Bertz CT molecular complexity index is 816. The number of nitrogens with zero attached hydrogens (tertiary/aromatic N) is 2. The van der Waals surface area contributed by atoms with E-state index in [0.29, 0.717) is 11.1 Å². The Morgan fingerprint density at radius 1 is 1.17 bits per heavy atom. The van der Waals surface area contributed by atoms with E-state index in [9.17, 15) is 14.3 Å². The standard InChI is InChI=1S/C18H16FN3O2/c19-15-8-6-13(7-9-15)17(23)11-20-18(24)14-10-21-22(12-14)16-4-2-1-3-5-16/h1-10,12,17,23H,11H2,(H,20,24). The van der Waals surface area contributed by atoms with Crippen molar-refractivity contribution in [1.29, 1.82) is 0 Å². The number of hydrogen-bond donors (Lipinski definition) is 2. The van der Waals surface area contributed by atoms with Crippen LogP contribution in [0.2, 0.25) is 0 Å². The van der Waals surface area contributed by atoms with Crippen LogP contribution in [0.5, 0.6) is 0 Å². The topological polar surface area (TPSA) is 67.2 Å². The molecule has 0 aliphatic rings. The summed E-state index contributed by atoms with van der Waals surface area (Å²) in [6.07, 6.45) is 2.18. The van der Waals surface area contributed by atoms with Crippen LogP contribution in [0.1, 0.15) is 22.0 Å². The van der Waals surface area contributed by atoms with Gasteiger partial charge in [0, 0.05) is 12.7 Å². The third kappa shape index (κ3) is 3.67. The molecule has 0 saturated carbocycles. The lowest BCUT2D eigenvalue weighted by Crippen LogP contribution is -2.28. The normalized spacial score (nSPS) is 11.9. The molecule has 0 aliphatic heterocycles. The molecule has 5 nitrogen and oxygen atoms in total. The van der Waals surface area contributed by atoms with Crippen LogP contribution in [-0.4, -0.2) is 27.3 Å². The zero-order valence-corrected chi connectivity index (χ0v) is 12.8. The van der Waals surface area contributed by atoms with E-state index >= 15 is 0 Å². The maximum Gasteiger partial charge on any atom is 0.254 e. The van der Waals surface area contributed by atoms with Gasteiger partial charge in [-0.2, -0.15) is 5.10 Å². The van der Waals surface area contributed by atoms with Crippen LogP contribution in [0.15, 0.2) is 67.0 Å². The van der Waals surface area contributed by atoms with Crippen LogP contribution in [0, 0.1) is 5.82 Å². The van der Waals surface area contributed by atoms with E-state index in [-0.39, 0.29) is 18.3 Å². The first-order chi connectivity index (χ1) is 11.6. The summed E-state index contributed by atoms with van der Waals surface area (Å²) in [5.41, 5.74) is 1.78. The Labute approximate surface area is 138 Å². The summed E-state index contributed by atoms with van der Waals surface area (Å²) in [6, 6.07) is 14.9. The van der Waals surface area contributed by atoms with Gasteiger partial charge in [-0.05, 0) is 29.8 Å². The number of benzene rings is 2. The Kier molecular flexibility index (Phi) is 4.67. The number of carbonyl (C=O) groups excluding carboxylic acids is 1. The minimum Gasteiger partial charge on any atom is -0.387 e. The molecule has 3 aromatic rings. The molecule has 0 bridgehead atoms. The number of rotatable bonds is 5. The molecule has 2 N–H and O–H groups in total. The molecule has 24 heavy (non-hydrogen) atoms. The van der Waals surface area contributed by atoms with Crippen molar-refractivity contribution in [2.45, 2.75) is 6.10 Å². The van der Waals surface area contributed by atoms with Crippen molar-refractivity contribution in [2.24, 2.45) is 0 Å². The number of aliphatic hydroxyl groups excluding tert-OH is 1. The Morgan fingerprint density at radius 2 is 1.88 bits per heavy atom. The smallest absolute Gasteiger partial charge is 0.254 e. The summed E-state index contributed by atoms with van der Waals surface area (Å²) in [5, 5.41) is 16.8. The van der Waals surface area contributed by atoms with Gasteiger partial charge in [0.1, 0.15) is 5.82 Å². The van der Waals surface area contributed by atoms with Gasteiger partial charge in [0.2, 0.25) is 0 Å². The zero-order chi connectivity index (χ0) is 16.9. The Morgan fingerprint density at radius 3 is 2.58 bits per heavy atom. The number of halogens is 1. The van der Waals surface area contributed by atoms with Crippen LogP contribution in [-0.2, 0) is 0 Å². The van der Waals surface area contributed by atoms with Gasteiger partial charge in [-0.3, -0.25) is 4.79 Å². The molecule has 1 heterocycles. The molecule has 0 spiro atoms. The van der Waals surface area contributed by atoms with Gasteiger partial charge in [0.25, 0.3) is 5.91 Å². The fourth-order valence-corrected chi connectivity index (χ4v) is 2.26. The lowest BCUT2D eigenvalue weighted by atomic mass is 10.1. The van der Waals surface area contributed by atoms with Gasteiger partial charge in [-0.15, -0.1) is 0 Å². The van der Waals surface area contributed by atoms with Crippen molar-refractivity contribution in [3.63, 3.8) is 0 Å². The van der Waals surface area contributed by atoms with Gasteiger partial charge in [-0.25, -0.2) is 9.07 Å². The van der Waals surface area contributed by atoms with Gasteiger partial charge in [0.05, 0.1) is 23.6 Å². The number of nitrogens with one attached hydrogen (secondary N) is 1. The molecule has 1 unspecified atom stereocenters. The van der Waals surface area contributed by atoms with Crippen molar-refractivity contribution in [2.75, 3.05) is 6.54 Å². The predicted octanol–water partition coefficient (Wildman–Crippen LogP) is 2.47. The molecule has 2 aromatic carbocycles. The molecule has 1 aromatic heterocycles. The van der Waals surface area contributed by atoms with Gasteiger partial charge in [-0.1, -0.05) is 30.3 Å². The van der Waals surface area contributed by atoms with E-state index in [4.69, 9.17) is 0 Å². The predicted molar refractivity (Wildman–Crippen MR) is 87.3 cm³/mol. The molecular formula is C18H16FN3O2. The van der Waals surface area contributed by atoms with E-state index < -0.39 is 6.10 Å². The van der Waals surface area contributed by atoms with Crippen LogP contribution in [0.4, 0.5) is 4.39 Å². The molecule has 1 amide bonds. The first kappa shape index (κ1) is 15.9. The third-order valence-corrected chi connectivity index (χ3v) is 3.58. The van der Waals surface area contributed by atoms with E-state index in [1.807, 2.05) is 30.3 Å². The summed E-state index contributed by atoms with van der Waals surface area (Å²) in [4.78, 5) is 12.1. The van der Waals surface area contributed by atoms with Gasteiger partial charge in [0.15, 0.2) is 0 Å². The summed E-state index contributed by atoms with van der Waals surface area (Å²) >= 11 is 0. The Balaban J connectivity index is 1.61. The third-order valence-electron chi connectivity index (χ3n) is 3.58. The molecule has 6 heteroatoms. The molecule has 0 fully saturated rings. The minimum atomic E-state index is -0.904. The molecule has 0 saturated heterocycles. The number of aliphatic hydroxyl groups is 1. The summed E-state index contributed by atoms with van der Waals surface area (Å²) in [7, 11) is 0. The summed E-state index contributed by atoms with van der Waals surface area (Å²) in [5.74, 6) is -0.707. The molecule has 0 radical (unpaired) electrons. The highest BCUT2D eigenvalue weighted by atomic mass is 19.1. The fraction of sp³-hybridized carbons (Fsp3) is 0.111. The average molecular weight is 325 g/mol. The highest BCUT2D eigenvalue weighted by Gasteiger charge is 2.13. The maximum absolute atomic E-state index is 12.9. The van der Waals surface area contributed by atoms with E-state index in [1.165, 1.54) is 30.5 Å². The van der Waals surface area contributed by atoms with Crippen LogP contribution in [0.3, 0.4) is 0 Å². The first-order valence-electron chi connectivity index (χ1n) is 7.45. The lowest BCUT2D eigenvalue weighted by molar-refractivity contribution is 0.0916. The van der Waals surface area contributed by atoms with Gasteiger partial charge >= 0.3 is 0 Å². The van der Waals surface area contributed by atoms with Crippen molar-refractivity contribution < 1.29 is 14.3 Å². The zero-order valence-electron chi connectivity index (χ0n) is 12.8. The minimum absolute atomic E-state index is 0.0288. The van der Waals surface area contributed by atoms with Crippen molar-refractivity contribution in [3.05, 3.63) is 83.9 Å². The molecule has 122 valence electrons. The molecule has 0 aliphatic carbocycles. The highest BCUT2D eigenvalue weighted by molar-refractivity contribution is 5.93. The number of hydrogen-bond acceptors (Lipinski definition) is 3. The number of carbonyl (C=O) groups is 1. The quantitative estimate of drug-likeness (QED) is 0.757. The maximum atomic E-state index is 12.9. The van der Waals surface area contributed by atoms with E-state index in [1.54, 1.807) is 10.9 Å². The monoisotopic (exact) mass is 325 g/mol. The van der Waals surface area contributed by atoms with Gasteiger partial charge < -0.3 is 10.4 Å². The number of aromatic nitrogens is 2. The van der Waals surface area contributed by atoms with E-state index in [0.717, 1.165) is 5.69 Å². The second-order valence-electron chi connectivity index (χ2n) is 5.29. The first-order valence-corrected chi connectivity index (χ1v) is 7.45. The van der Waals surface area contributed by atoms with Crippen molar-refractivity contribution >= 4 is 5.91 Å². The van der Waals surface area contributed by atoms with Crippen LogP contribution >= 0.6 is 0 Å². The SMILES string of the molecule is O=C(NCC(O)c1ccc(F)cc1)c1cnn(-c2ccccc2)c1. The van der Waals surface area contributed by atoms with Crippen molar-refractivity contribution in [1.82, 2.24) is 15.1 Å². The van der Waals surface area contributed by atoms with E-state index in [2.05, 4.69) is 10.4 Å². The van der Waals surface area contributed by atoms with Crippen LogP contribution in [0.25, 0.3) is 5.69 Å². The highest BCUT2D eigenvalue weighted by Crippen LogP contribution is 2.13. The molecular weight excluding hydrogens is 309 g/mol. The molecule has 3 rings (SSSR count). The second kappa shape index (κ2) is 7.06. The fourth-order valence-electron chi connectivity index (χ4n) is 2.26. The lowest BCUT2D eigenvalue weighted by Gasteiger charge is -2.11. The second-order valence-corrected chi connectivity index (χ2v) is 5.29. The number of para-hydroxylation sites is 1. The average Bonchev–Trinajstić information content (AvgIpc) is 3.11.